The van der Waals surface area contributed by atoms with Crippen LogP contribution in [0.3, 0.4) is 0 Å². The van der Waals surface area contributed by atoms with Crippen LogP contribution >= 0.6 is 0 Å². The Hall–Kier alpha value is -1.85. The van der Waals surface area contributed by atoms with Crippen LogP contribution in [0.1, 0.15) is 47.8 Å². The highest BCUT2D eigenvalue weighted by molar-refractivity contribution is 5.99. The van der Waals surface area contributed by atoms with E-state index in [1.54, 1.807) is 7.11 Å². The lowest BCUT2D eigenvalue weighted by Crippen LogP contribution is -2.50. The molecule has 0 fully saturated rings. The van der Waals surface area contributed by atoms with E-state index in [1.807, 2.05) is 25.1 Å². The molecule has 1 amide bonds. The van der Waals surface area contributed by atoms with Crippen molar-refractivity contribution in [3.8, 4) is 0 Å². The van der Waals surface area contributed by atoms with Gasteiger partial charge in [0.05, 0.1) is 12.1 Å². The second-order valence-corrected chi connectivity index (χ2v) is 6.97. The van der Waals surface area contributed by atoms with E-state index >= 15 is 0 Å². The Labute approximate surface area is 142 Å². The standard InChI is InChI=1S/C19H26N2O3/c1-19(9-10-22,12-24-2)21-18(23)13-7-8-17-15(11-13)14-5-3-4-6-16(14)20-17/h7-8,11,20,22H,3-6,9-10,12H2,1-2H3,(H,21,23). The number of hydrogen-bond donors (Lipinski definition) is 3. The van der Waals surface area contributed by atoms with Gasteiger partial charge in [0.2, 0.25) is 0 Å². The summed E-state index contributed by atoms with van der Waals surface area (Å²) in [5, 5.41) is 13.4. The summed E-state index contributed by atoms with van der Waals surface area (Å²) in [6.07, 6.45) is 5.05. The number of hydrogen-bond acceptors (Lipinski definition) is 3. The molecule has 5 heteroatoms. The van der Waals surface area contributed by atoms with Gasteiger partial charge in [-0.25, -0.2) is 0 Å². The number of aryl methyl sites for hydroxylation is 2. The smallest absolute Gasteiger partial charge is 0.251 e. The number of aromatic nitrogens is 1. The maximum Gasteiger partial charge on any atom is 0.251 e. The number of aliphatic hydroxyl groups is 1. The summed E-state index contributed by atoms with van der Waals surface area (Å²) in [5.74, 6) is -0.129. The molecule has 1 heterocycles. The predicted octanol–water partition coefficient (Wildman–Crippen LogP) is 2.56. The van der Waals surface area contributed by atoms with Gasteiger partial charge in [0.15, 0.2) is 0 Å². The summed E-state index contributed by atoms with van der Waals surface area (Å²) in [7, 11) is 1.60. The van der Waals surface area contributed by atoms with Crippen LogP contribution in [-0.4, -0.2) is 41.9 Å². The van der Waals surface area contributed by atoms with Crippen LogP contribution in [0.4, 0.5) is 0 Å². The molecule has 1 aliphatic rings. The molecule has 1 atom stereocenters. The number of benzene rings is 1. The summed E-state index contributed by atoms with van der Waals surface area (Å²) < 4.78 is 5.20. The topological polar surface area (TPSA) is 74.3 Å². The number of methoxy groups -OCH3 is 1. The van der Waals surface area contributed by atoms with Gasteiger partial charge in [-0.15, -0.1) is 0 Å². The van der Waals surface area contributed by atoms with Crippen LogP contribution in [0.25, 0.3) is 10.9 Å². The molecular weight excluding hydrogens is 304 g/mol. The first-order chi connectivity index (χ1) is 11.6. The Balaban J connectivity index is 1.87. The number of aliphatic hydroxyl groups excluding tert-OH is 1. The molecule has 2 aromatic rings. The van der Waals surface area contributed by atoms with Crippen LogP contribution in [0.15, 0.2) is 18.2 Å². The van der Waals surface area contributed by atoms with Gasteiger partial charge >= 0.3 is 0 Å². The number of amides is 1. The number of fused-ring (bicyclic) bond motifs is 3. The van der Waals surface area contributed by atoms with E-state index in [9.17, 15) is 9.90 Å². The summed E-state index contributed by atoms with van der Waals surface area (Å²) in [4.78, 5) is 16.2. The van der Waals surface area contributed by atoms with E-state index in [0.717, 1.165) is 23.7 Å². The highest BCUT2D eigenvalue weighted by Crippen LogP contribution is 2.29. The van der Waals surface area contributed by atoms with Crippen LogP contribution < -0.4 is 5.32 Å². The van der Waals surface area contributed by atoms with Crippen molar-refractivity contribution in [3.63, 3.8) is 0 Å². The average molecular weight is 330 g/mol. The molecule has 24 heavy (non-hydrogen) atoms. The lowest BCUT2D eigenvalue weighted by Gasteiger charge is -2.29. The van der Waals surface area contributed by atoms with Gasteiger partial charge in [0.25, 0.3) is 5.91 Å². The monoisotopic (exact) mass is 330 g/mol. The molecule has 0 spiro atoms. The highest BCUT2D eigenvalue weighted by Gasteiger charge is 2.27. The van der Waals surface area contributed by atoms with Crippen LogP contribution in [0.5, 0.6) is 0 Å². The fourth-order valence-corrected chi connectivity index (χ4v) is 3.63. The van der Waals surface area contributed by atoms with Gasteiger partial charge in [-0.1, -0.05) is 0 Å². The molecule has 0 saturated heterocycles. The number of ether oxygens (including phenoxy) is 1. The van der Waals surface area contributed by atoms with E-state index in [0.29, 0.717) is 18.6 Å². The van der Waals surface area contributed by atoms with Gasteiger partial charge in [0, 0.05) is 35.9 Å². The van der Waals surface area contributed by atoms with Crippen molar-refractivity contribution in [1.82, 2.24) is 10.3 Å². The van der Waals surface area contributed by atoms with Crippen LogP contribution in [0.2, 0.25) is 0 Å². The van der Waals surface area contributed by atoms with Crippen molar-refractivity contribution in [2.75, 3.05) is 20.3 Å². The minimum atomic E-state index is -0.576. The van der Waals surface area contributed by atoms with Crippen molar-refractivity contribution >= 4 is 16.8 Å². The zero-order chi connectivity index (χ0) is 17.2. The lowest BCUT2D eigenvalue weighted by atomic mass is 9.94. The van der Waals surface area contributed by atoms with Crippen LogP contribution in [-0.2, 0) is 17.6 Å². The minimum Gasteiger partial charge on any atom is -0.396 e. The molecule has 130 valence electrons. The van der Waals surface area contributed by atoms with E-state index in [-0.39, 0.29) is 12.5 Å². The van der Waals surface area contributed by atoms with E-state index in [4.69, 9.17) is 4.74 Å². The fraction of sp³-hybridized carbons (Fsp3) is 0.526. The van der Waals surface area contributed by atoms with Gasteiger partial charge in [0.1, 0.15) is 0 Å². The largest absolute Gasteiger partial charge is 0.396 e. The predicted molar refractivity (Wildman–Crippen MR) is 94.4 cm³/mol. The van der Waals surface area contributed by atoms with Crippen molar-refractivity contribution in [1.29, 1.82) is 0 Å². The number of H-pyrrole nitrogens is 1. The maximum atomic E-state index is 12.7. The third-order valence-corrected chi connectivity index (χ3v) is 4.90. The molecule has 1 aromatic carbocycles. The zero-order valence-corrected chi connectivity index (χ0v) is 14.4. The van der Waals surface area contributed by atoms with Gasteiger partial charge in [-0.05, 0) is 62.8 Å². The van der Waals surface area contributed by atoms with E-state index in [1.165, 1.54) is 24.1 Å². The van der Waals surface area contributed by atoms with Gasteiger partial charge < -0.3 is 20.1 Å². The average Bonchev–Trinajstić information content (AvgIpc) is 2.92. The number of rotatable bonds is 6. The van der Waals surface area contributed by atoms with Crippen LogP contribution in [0, 0.1) is 0 Å². The first-order valence-corrected chi connectivity index (χ1v) is 8.62. The molecule has 0 saturated carbocycles. The van der Waals surface area contributed by atoms with Crippen molar-refractivity contribution in [2.45, 2.75) is 44.6 Å². The summed E-state index contributed by atoms with van der Waals surface area (Å²) in [6, 6.07) is 5.82. The Morgan fingerprint density at radius 2 is 2.17 bits per heavy atom. The number of aromatic amines is 1. The zero-order valence-electron chi connectivity index (χ0n) is 14.4. The molecule has 1 aliphatic carbocycles. The second-order valence-electron chi connectivity index (χ2n) is 6.97. The maximum absolute atomic E-state index is 12.7. The molecule has 0 bridgehead atoms. The van der Waals surface area contributed by atoms with Gasteiger partial charge in [-0.2, -0.15) is 0 Å². The number of carbonyl (C=O) groups excluding carboxylic acids is 1. The second kappa shape index (κ2) is 6.95. The molecule has 3 rings (SSSR count). The summed E-state index contributed by atoms with van der Waals surface area (Å²) >= 11 is 0. The molecule has 0 aliphatic heterocycles. The molecular formula is C19H26N2O3. The van der Waals surface area contributed by atoms with E-state index in [2.05, 4.69) is 10.3 Å². The Morgan fingerprint density at radius 3 is 2.92 bits per heavy atom. The summed E-state index contributed by atoms with van der Waals surface area (Å²) in [6.45, 7) is 2.26. The van der Waals surface area contributed by atoms with Gasteiger partial charge in [-0.3, -0.25) is 4.79 Å². The van der Waals surface area contributed by atoms with E-state index < -0.39 is 5.54 Å². The highest BCUT2D eigenvalue weighted by atomic mass is 16.5. The quantitative estimate of drug-likeness (QED) is 0.762. The van der Waals surface area contributed by atoms with Crippen molar-refractivity contribution in [2.24, 2.45) is 0 Å². The lowest BCUT2D eigenvalue weighted by molar-refractivity contribution is 0.0726. The molecule has 1 unspecified atom stereocenters. The molecule has 0 radical (unpaired) electrons. The fourth-order valence-electron chi connectivity index (χ4n) is 3.63. The number of nitrogens with one attached hydrogen (secondary N) is 2. The first-order valence-electron chi connectivity index (χ1n) is 8.62. The Bertz CT molecular complexity index is 730. The molecule has 5 nitrogen and oxygen atoms in total. The van der Waals surface area contributed by atoms with Crippen molar-refractivity contribution < 1.29 is 14.6 Å². The van der Waals surface area contributed by atoms with Crippen molar-refractivity contribution in [3.05, 3.63) is 35.0 Å². The Kier molecular flexibility index (Phi) is 4.92. The normalized spacial score (nSPS) is 16.6. The summed E-state index contributed by atoms with van der Waals surface area (Å²) in [5.41, 5.74) is 3.86. The third kappa shape index (κ3) is 3.32. The third-order valence-electron chi connectivity index (χ3n) is 4.90. The SMILES string of the molecule is COCC(C)(CCO)NC(=O)c1ccc2[nH]c3c(c2c1)CCCC3. The first kappa shape index (κ1) is 17.0. The number of carbonyl (C=O) groups is 1. The Morgan fingerprint density at radius 1 is 1.38 bits per heavy atom. The minimum absolute atomic E-state index is 0.00446. The molecule has 1 aromatic heterocycles. The molecule has 3 N–H and O–H groups in total.